The van der Waals surface area contributed by atoms with Gasteiger partial charge in [-0.3, -0.25) is 14.9 Å². The molecule has 2 atom stereocenters. The van der Waals surface area contributed by atoms with E-state index in [-0.39, 0.29) is 53.1 Å². The SMILES string of the molecule is CC[C@@H]1CC(=O)N[C@@H]1COc1ncc([N+](=O)[O-])c2cc(C#N)c(OC(C)C)cc12. The van der Waals surface area contributed by atoms with Crippen molar-refractivity contribution in [3.8, 4) is 17.7 Å². The number of pyridine rings is 1. The minimum absolute atomic E-state index is 0.0155. The molecular weight excluding hydrogens is 376 g/mol. The summed E-state index contributed by atoms with van der Waals surface area (Å²) in [5.41, 5.74) is -0.0268. The van der Waals surface area contributed by atoms with Gasteiger partial charge in [0.15, 0.2) is 0 Å². The molecule has 1 aliphatic rings. The average Bonchev–Trinajstić information content (AvgIpc) is 3.04. The summed E-state index contributed by atoms with van der Waals surface area (Å²) in [7, 11) is 0. The molecule has 9 heteroatoms. The van der Waals surface area contributed by atoms with Gasteiger partial charge in [-0.25, -0.2) is 4.98 Å². The monoisotopic (exact) mass is 398 g/mol. The third-order valence-electron chi connectivity index (χ3n) is 4.90. The Hall–Kier alpha value is -3.41. The zero-order valence-corrected chi connectivity index (χ0v) is 16.5. The molecule has 1 aliphatic heterocycles. The van der Waals surface area contributed by atoms with Crippen LogP contribution in [-0.4, -0.2) is 34.6 Å². The maximum absolute atomic E-state index is 11.7. The fraction of sp³-hybridized carbons (Fsp3) is 0.450. The van der Waals surface area contributed by atoms with Crippen LogP contribution in [0.1, 0.15) is 39.2 Å². The highest BCUT2D eigenvalue weighted by Crippen LogP contribution is 2.36. The molecule has 29 heavy (non-hydrogen) atoms. The van der Waals surface area contributed by atoms with Gasteiger partial charge in [0, 0.05) is 6.42 Å². The number of hydrogen-bond acceptors (Lipinski definition) is 7. The molecule has 1 saturated heterocycles. The summed E-state index contributed by atoms with van der Waals surface area (Å²) in [6.45, 7) is 5.85. The summed E-state index contributed by atoms with van der Waals surface area (Å²) >= 11 is 0. The lowest BCUT2D eigenvalue weighted by atomic mass is 9.98. The van der Waals surface area contributed by atoms with Gasteiger partial charge >= 0.3 is 0 Å². The Morgan fingerprint density at radius 3 is 2.79 bits per heavy atom. The third kappa shape index (κ3) is 4.21. The zero-order chi connectivity index (χ0) is 21.1. The number of ether oxygens (including phenoxy) is 2. The smallest absolute Gasteiger partial charge is 0.295 e. The highest BCUT2D eigenvalue weighted by Gasteiger charge is 2.32. The van der Waals surface area contributed by atoms with E-state index in [1.165, 1.54) is 6.07 Å². The Labute approximate surface area is 167 Å². The molecule has 1 amide bonds. The Kier molecular flexibility index (Phi) is 5.82. The predicted octanol–water partition coefficient (Wildman–Crippen LogP) is 3.10. The van der Waals surface area contributed by atoms with Crippen molar-refractivity contribution in [3.05, 3.63) is 34.0 Å². The second kappa shape index (κ2) is 8.31. The van der Waals surface area contributed by atoms with E-state index < -0.39 is 4.92 Å². The number of carbonyl (C=O) groups excluding carboxylic acids is 1. The number of carbonyl (C=O) groups is 1. The first kappa shape index (κ1) is 20.3. The summed E-state index contributed by atoms with van der Waals surface area (Å²) in [5, 5.41) is 24.4. The highest BCUT2D eigenvalue weighted by molar-refractivity contribution is 5.96. The number of nitro groups is 1. The largest absolute Gasteiger partial charge is 0.490 e. The first-order chi connectivity index (χ1) is 13.8. The molecule has 3 rings (SSSR count). The van der Waals surface area contributed by atoms with Gasteiger partial charge in [-0.2, -0.15) is 5.26 Å². The summed E-state index contributed by atoms with van der Waals surface area (Å²) in [6, 6.07) is 4.84. The van der Waals surface area contributed by atoms with Gasteiger partial charge in [-0.1, -0.05) is 13.3 Å². The first-order valence-corrected chi connectivity index (χ1v) is 9.44. The maximum Gasteiger partial charge on any atom is 0.295 e. The van der Waals surface area contributed by atoms with Crippen LogP contribution in [0.25, 0.3) is 10.8 Å². The minimum atomic E-state index is -0.548. The number of benzene rings is 1. The number of fused-ring (bicyclic) bond motifs is 1. The highest BCUT2D eigenvalue weighted by atomic mass is 16.6. The molecule has 0 unspecified atom stereocenters. The normalized spacial score (nSPS) is 18.5. The maximum atomic E-state index is 11.7. The summed E-state index contributed by atoms with van der Waals surface area (Å²) in [5.74, 6) is 0.650. The van der Waals surface area contributed by atoms with Crippen LogP contribution < -0.4 is 14.8 Å². The topological polar surface area (TPSA) is 127 Å². The lowest BCUT2D eigenvalue weighted by Crippen LogP contribution is -2.34. The van der Waals surface area contributed by atoms with Crippen LogP contribution in [0.4, 0.5) is 5.69 Å². The van der Waals surface area contributed by atoms with Crippen LogP contribution in [-0.2, 0) is 4.79 Å². The van der Waals surface area contributed by atoms with Crippen molar-refractivity contribution in [2.75, 3.05) is 6.61 Å². The molecule has 0 bridgehead atoms. The predicted molar refractivity (Wildman–Crippen MR) is 105 cm³/mol. The van der Waals surface area contributed by atoms with E-state index in [1.807, 2.05) is 26.8 Å². The van der Waals surface area contributed by atoms with Gasteiger partial charge in [0.05, 0.1) is 33.4 Å². The third-order valence-corrected chi connectivity index (χ3v) is 4.90. The molecule has 1 N–H and O–H groups in total. The van der Waals surface area contributed by atoms with E-state index in [2.05, 4.69) is 10.3 Å². The first-order valence-electron chi connectivity index (χ1n) is 9.44. The van der Waals surface area contributed by atoms with Crippen LogP contribution in [0.2, 0.25) is 0 Å². The Balaban J connectivity index is 2.02. The number of hydrogen-bond donors (Lipinski definition) is 1. The minimum Gasteiger partial charge on any atom is -0.490 e. The molecule has 0 spiro atoms. The molecule has 0 saturated carbocycles. The Morgan fingerprint density at radius 2 is 2.17 bits per heavy atom. The lowest BCUT2D eigenvalue weighted by molar-refractivity contribution is -0.383. The fourth-order valence-electron chi connectivity index (χ4n) is 3.47. The van der Waals surface area contributed by atoms with Crippen LogP contribution in [0.15, 0.2) is 18.3 Å². The quantitative estimate of drug-likeness (QED) is 0.560. The van der Waals surface area contributed by atoms with E-state index in [0.717, 1.165) is 12.6 Å². The van der Waals surface area contributed by atoms with Crippen LogP contribution in [0.3, 0.4) is 0 Å². The number of aromatic nitrogens is 1. The molecular formula is C20H22N4O5. The van der Waals surface area contributed by atoms with Crippen LogP contribution in [0, 0.1) is 27.4 Å². The molecule has 9 nitrogen and oxygen atoms in total. The van der Waals surface area contributed by atoms with Gasteiger partial charge < -0.3 is 14.8 Å². The molecule has 0 radical (unpaired) electrons. The fourth-order valence-corrected chi connectivity index (χ4v) is 3.47. The van der Waals surface area contributed by atoms with Crippen molar-refractivity contribution >= 4 is 22.4 Å². The summed E-state index contributed by atoms with van der Waals surface area (Å²) < 4.78 is 11.6. The van der Waals surface area contributed by atoms with E-state index in [1.54, 1.807) is 6.07 Å². The van der Waals surface area contributed by atoms with Crippen molar-refractivity contribution in [2.45, 2.75) is 45.8 Å². The van der Waals surface area contributed by atoms with Crippen LogP contribution >= 0.6 is 0 Å². The van der Waals surface area contributed by atoms with Crippen molar-refractivity contribution in [1.29, 1.82) is 5.26 Å². The zero-order valence-electron chi connectivity index (χ0n) is 16.5. The molecule has 1 fully saturated rings. The number of nitriles is 1. The van der Waals surface area contributed by atoms with E-state index in [0.29, 0.717) is 17.6 Å². The van der Waals surface area contributed by atoms with E-state index in [9.17, 15) is 20.2 Å². The van der Waals surface area contributed by atoms with Crippen molar-refractivity contribution in [2.24, 2.45) is 5.92 Å². The average molecular weight is 398 g/mol. The number of nitrogens with zero attached hydrogens (tertiary/aromatic N) is 3. The van der Waals surface area contributed by atoms with Crippen LogP contribution in [0.5, 0.6) is 11.6 Å². The van der Waals surface area contributed by atoms with E-state index >= 15 is 0 Å². The Bertz CT molecular complexity index is 999. The summed E-state index contributed by atoms with van der Waals surface area (Å²) in [4.78, 5) is 26.7. The second-order valence-electron chi connectivity index (χ2n) is 7.24. The molecule has 1 aromatic heterocycles. The summed E-state index contributed by atoms with van der Waals surface area (Å²) in [6.07, 6.45) is 2.22. The van der Waals surface area contributed by atoms with Crippen molar-refractivity contribution < 1.29 is 19.2 Å². The van der Waals surface area contributed by atoms with Crippen molar-refractivity contribution in [1.82, 2.24) is 10.3 Å². The van der Waals surface area contributed by atoms with Gasteiger partial charge in [0.1, 0.15) is 24.6 Å². The number of amides is 1. The molecule has 1 aromatic carbocycles. The van der Waals surface area contributed by atoms with Gasteiger partial charge in [-0.15, -0.1) is 0 Å². The molecule has 2 heterocycles. The molecule has 0 aliphatic carbocycles. The van der Waals surface area contributed by atoms with Crippen molar-refractivity contribution in [3.63, 3.8) is 0 Å². The van der Waals surface area contributed by atoms with Gasteiger partial charge in [0.25, 0.3) is 5.69 Å². The van der Waals surface area contributed by atoms with E-state index in [4.69, 9.17) is 9.47 Å². The Morgan fingerprint density at radius 1 is 1.41 bits per heavy atom. The number of nitrogens with one attached hydrogen (secondary N) is 1. The molecule has 2 aromatic rings. The van der Waals surface area contributed by atoms with Gasteiger partial charge in [-0.05, 0) is 31.9 Å². The standard InChI is InChI=1S/C20H22N4O5/c1-4-12-6-19(25)23-16(12)10-28-20-15-7-18(29-11(2)3)13(8-21)5-14(15)17(9-22-20)24(26)27/h5,7,9,11-12,16H,4,6,10H2,1-3H3,(H,23,25)/t12-,16-/m1/s1. The second-order valence-corrected chi connectivity index (χ2v) is 7.24. The number of rotatable bonds is 7. The lowest BCUT2D eigenvalue weighted by Gasteiger charge is -2.18. The molecule has 152 valence electrons. The van der Waals surface area contributed by atoms with Gasteiger partial charge in [0.2, 0.25) is 11.8 Å².